The predicted molar refractivity (Wildman–Crippen MR) is 115 cm³/mol. The van der Waals surface area contributed by atoms with Crippen molar-refractivity contribution in [3.8, 4) is 5.75 Å². The Morgan fingerprint density at radius 1 is 1.13 bits per heavy atom. The summed E-state index contributed by atoms with van der Waals surface area (Å²) in [6.45, 7) is 2.85. The normalized spacial score (nSPS) is 10.7. The molecule has 0 fully saturated rings. The first-order valence-electron chi connectivity index (χ1n) is 9.42. The summed E-state index contributed by atoms with van der Waals surface area (Å²) in [6.07, 6.45) is 3.39. The summed E-state index contributed by atoms with van der Waals surface area (Å²) in [6, 6.07) is 18.7. The molecule has 0 spiro atoms. The number of rotatable bonds is 7. The fourth-order valence-corrected chi connectivity index (χ4v) is 3.07. The molecule has 0 atom stereocenters. The molecule has 4 aromatic rings. The molecule has 0 saturated carbocycles. The summed E-state index contributed by atoms with van der Waals surface area (Å²) in [5.41, 5.74) is 2.94. The average molecular weight is 422 g/mol. The van der Waals surface area contributed by atoms with Crippen molar-refractivity contribution < 1.29 is 13.9 Å². The molecule has 0 radical (unpaired) electrons. The van der Waals surface area contributed by atoms with E-state index in [0.29, 0.717) is 28.8 Å². The number of furan rings is 1. The van der Waals surface area contributed by atoms with Crippen LogP contribution in [0.5, 0.6) is 5.75 Å². The number of halogens is 1. The van der Waals surface area contributed by atoms with Gasteiger partial charge in [-0.2, -0.15) is 5.10 Å². The fraction of sp³-hybridized carbons (Fsp3) is 0.130. The molecule has 2 aromatic heterocycles. The minimum atomic E-state index is -0.353. The van der Waals surface area contributed by atoms with Crippen LogP contribution < -0.4 is 10.1 Å². The predicted octanol–water partition coefficient (Wildman–Crippen LogP) is 5.32. The van der Waals surface area contributed by atoms with Crippen LogP contribution in [0.15, 0.2) is 77.5 Å². The summed E-state index contributed by atoms with van der Waals surface area (Å²) in [4.78, 5) is 12.5. The summed E-state index contributed by atoms with van der Waals surface area (Å²) >= 11 is 6.07. The highest BCUT2D eigenvalue weighted by Crippen LogP contribution is 2.24. The van der Waals surface area contributed by atoms with E-state index in [1.54, 1.807) is 41.3 Å². The van der Waals surface area contributed by atoms with Gasteiger partial charge in [-0.05, 0) is 36.8 Å². The van der Waals surface area contributed by atoms with Gasteiger partial charge in [0.2, 0.25) is 0 Å². The molecule has 0 aliphatic heterocycles. The van der Waals surface area contributed by atoms with Gasteiger partial charge in [0.15, 0.2) is 5.76 Å². The second-order valence-corrected chi connectivity index (χ2v) is 7.26. The zero-order valence-corrected chi connectivity index (χ0v) is 17.1. The van der Waals surface area contributed by atoms with Gasteiger partial charge in [-0.15, -0.1) is 0 Å². The van der Waals surface area contributed by atoms with Gasteiger partial charge in [0, 0.05) is 6.20 Å². The monoisotopic (exact) mass is 421 g/mol. The van der Waals surface area contributed by atoms with Crippen molar-refractivity contribution in [3.05, 3.63) is 101 Å². The molecule has 6 nitrogen and oxygen atoms in total. The molecule has 152 valence electrons. The van der Waals surface area contributed by atoms with E-state index in [2.05, 4.69) is 34.7 Å². The number of hydrogen-bond acceptors (Lipinski definition) is 4. The van der Waals surface area contributed by atoms with Crippen molar-refractivity contribution in [1.82, 2.24) is 9.78 Å². The Bertz CT molecular complexity index is 1150. The van der Waals surface area contributed by atoms with Gasteiger partial charge >= 0.3 is 0 Å². The molecule has 0 bridgehead atoms. The number of ether oxygens (including phenoxy) is 1. The molecule has 1 N–H and O–H groups in total. The van der Waals surface area contributed by atoms with E-state index < -0.39 is 0 Å². The van der Waals surface area contributed by atoms with Crippen LogP contribution in [0.2, 0.25) is 5.02 Å². The minimum absolute atomic E-state index is 0.172. The number of aromatic nitrogens is 2. The third-order valence-electron chi connectivity index (χ3n) is 4.45. The summed E-state index contributed by atoms with van der Waals surface area (Å²) in [5.74, 6) is 0.922. The number of amides is 1. The standard InChI is InChI=1S/C23H20ClN3O3/c1-16-6-8-17(9-7-16)13-27-14-18(12-25-27)26-23(28)22-11-10-19(30-22)15-29-21-5-3-2-4-20(21)24/h2-12,14H,13,15H2,1H3,(H,26,28). The molecular weight excluding hydrogens is 402 g/mol. The number of anilines is 1. The van der Waals surface area contributed by atoms with E-state index in [0.717, 1.165) is 5.56 Å². The highest BCUT2D eigenvalue weighted by Gasteiger charge is 2.13. The van der Waals surface area contributed by atoms with Crippen molar-refractivity contribution in [3.63, 3.8) is 0 Å². The van der Waals surface area contributed by atoms with Gasteiger partial charge < -0.3 is 14.5 Å². The lowest BCUT2D eigenvalue weighted by Crippen LogP contribution is -2.10. The highest BCUT2D eigenvalue weighted by atomic mass is 35.5. The molecule has 7 heteroatoms. The number of hydrogen-bond donors (Lipinski definition) is 1. The molecule has 0 aliphatic rings. The quantitative estimate of drug-likeness (QED) is 0.438. The van der Waals surface area contributed by atoms with E-state index in [1.165, 1.54) is 5.56 Å². The van der Waals surface area contributed by atoms with Crippen molar-refractivity contribution in [1.29, 1.82) is 0 Å². The van der Waals surface area contributed by atoms with Crippen LogP contribution in [0.3, 0.4) is 0 Å². The molecule has 0 unspecified atom stereocenters. The zero-order valence-electron chi connectivity index (χ0n) is 16.3. The number of carbonyl (C=O) groups is 1. The van der Waals surface area contributed by atoms with Gasteiger partial charge in [0.1, 0.15) is 18.1 Å². The topological polar surface area (TPSA) is 69.3 Å². The van der Waals surface area contributed by atoms with E-state index in [9.17, 15) is 4.79 Å². The number of para-hydroxylation sites is 1. The van der Waals surface area contributed by atoms with Crippen LogP contribution >= 0.6 is 11.6 Å². The SMILES string of the molecule is Cc1ccc(Cn2cc(NC(=O)c3ccc(COc4ccccc4Cl)o3)cn2)cc1. The van der Waals surface area contributed by atoms with Gasteiger partial charge in [-0.3, -0.25) is 9.48 Å². The second kappa shape index (κ2) is 8.88. The Labute approximate surface area is 179 Å². The molecule has 30 heavy (non-hydrogen) atoms. The van der Waals surface area contributed by atoms with Gasteiger partial charge in [0.05, 0.1) is 23.5 Å². The van der Waals surface area contributed by atoms with E-state index in [4.69, 9.17) is 20.8 Å². The van der Waals surface area contributed by atoms with E-state index in [-0.39, 0.29) is 18.3 Å². The zero-order chi connectivity index (χ0) is 20.9. The largest absolute Gasteiger partial charge is 0.484 e. The van der Waals surface area contributed by atoms with Crippen LogP contribution in [-0.2, 0) is 13.2 Å². The van der Waals surface area contributed by atoms with Crippen LogP contribution in [0.25, 0.3) is 0 Å². The molecule has 2 aromatic carbocycles. The van der Waals surface area contributed by atoms with Crippen LogP contribution in [0.1, 0.15) is 27.4 Å². The first kappa shape index (κ1) is 19.8. The fourth-order valence-electron chi connectivity index (χ4n) is 2.88. The lowest BCUT2D eigenvalue weighted by Gasteiger charge is -2.05. The average Bonchev–Trinajstić information content (AvgIpc) is 3.39. The van der Waals surface area contributed by atoms with Gasteiger partial charge in [-0.25, -0.2) is 0 Å². The third-order valence-corrected chi connectivity index (χ3v) is 4.76. The molecular formula is C23H20ClN3O3. The molecule has 4 rings (SSSR count). The smallest absolute Gasteiger partial charge is 0.291 e. The summed E-state index contributed by atoms with van der Waals surface area (Å²) < 4.78 is 13.0. The number of nitrogens with zero attached hydrogens (tertiary/aromatic N) is 2. The number of aryl methyl sites for hydroxylation is 1. The molecule has 2 heterocycles. The number of carbonyl (C=O) groups excluding carboxylic acids is 1. The Morgan fingerprint density at radius 3 is 2.73 bits per heavy atom. The maximum atomic E-state index is 12.5. The van der Waals surface area contributed by atoms with Crippen LogP contribution in [0.4, 0.5) is 5.69 Å². The van der Waals surface area contributed by atoms with Gasteiger partial charge in [0.25, 0.3) is 5.91 Å². The highest BCUT2D eigenvalue weighted by molar-refractivity contribution is 6.32. The van der Waals surface area contributed by atoms with Crippen molar-refractivity contribution in [2.45, 2.75) is 20.1 Å². The van der Waals surface area contributed by atoms with Crippen molar-refractivity contribution in [2.24, 2.45) is 0 Å². The first-order chi connectivity index (χ1) is 14.6. The van der Waals surface area contributed by atoms with Crippen LogP contribution in [-0.4, -0.2) is 15.7 Å². The van der Waals surface area contributed by atoms with Crippen molar-refractivity contribution >= 4 is 23.2 Å². The van der Waals surface area contributed by atoms with E-state index >= 15 is 0 Å². The van der Waals surface area contributed by atoms with Gasteiger partial charge in [-0.1, -0.05) is 53.6 Å². The first-order valence-corrected chi connectivity index (χ1v) is 9.80. The lowest BCUT2D eigenvalue weighted by molar-refractivity contribution is 0.0992. The van der Waals surface area contributed by atoms with Crippen molar-refractivity contribution in [2.75, 3.05) is 5.32 Å². The lowest BCUT2D eigenvalue weighted by atomic mass is 10.1. The summed E-state index contributed by atoms with van der Waals surface area (Å²) in [7, 11) is 0. The maximum Gasteiger partial charge on any atom is 0.291 e. The maximum absolute atomic E-state index is 12.5. The Morgan fingerprint density at radius 2 is 1.93 bits per heavy atom. The Hall–Kier alpha value is -3.51. The summed E-state index contributed by atoms with van der Waals surface area (Å²) in [5, 5.41) is 7.61. The molecule has 1 amide bonds. The molecule has 0 aliphatic carbocycles. The number of nitrogens with one attached hydrogen (secondary N) is 1. The Kier molecular flexibility index (Phi) is 5.86. The van der Waals surface area contributed by atoms with E-state index in [1.807, 2.05) is 19.1 Å². The van der Waals surface area contributed by atoms with Crippen LogP contribution in [0, 0.1) is 6.92 Å². The molecule has 0 saturated heterocycles. The Balaban J connectivity index is 1.34. The number of benzene rings is 2. The second-order valence-electron chi connectivity index (χ2n) is 6.85. The third kappa shape index (κ3) is 4.90. The minimum Gasteiger partial charge on any atom is -0.484 e.